The van der Waals surface area contributed by atoms with E-state index < -0.39 is 0 Å². The van der Waals surface area contributed by atoms with Gasteiger partial charge in [-0.1, -0.05) is 6.92 Å². The summed E-state index contributed by atoms with van der Waals surface area (Å²) in [5.41, 5.74) is 0. The van der Waals surface area contributed by atoms with E-state index in [-0.39, 0.29) is 6.03 Å². The van der Waals surface area contributed by atoms with Crippen LogP contribution >= 0.6 is 0 Å². The van der Waals surface area contributed by atoms with Crippen LogP contribution < -0.4 is 15.4 Å². The zero-order valence-electron chi connectivity index (χ0n) is 13.5. The molecule has 0 saturated carbocycles. The van der Waals surface area contributed by atoms with Crippen LogP contribution in [0.25, 0.3) is 0 Å². The summed E-state index contributed by atoms with van der Waals surface area (Å²) < 4.78 is 5.71. The first-order valence-corrected chi connectivity index (χ1v) is 7.42. The van der Waals surface area contributed by atoms with Gasteiger partial charge in [0.05, 0.1) is 6.20 Å². The van der Waals surface area contributed by atoms with Crippen molar-refractivity contribution in [2.45, 2.75) is 13.3 Å². The fourth-order valence-electron chi connectivity index (χ4n) is 1.91. The smallest absolute Gasteiger partial charge is 0.322 e. The molecule has 7 heteroatoms. The molecule has 0 bridgehead atoms. The topological polar surface area (TPSA) is 79.4 Å². The van der Waals surface area contributed by atoms with Crippen molar-refractivity contribution < 1.29 is 9.53 Å². The van der Waals surface area contributed by atoms with Crippen LogP contribution in [0.1, 0.15) is 13.3 Å². The number of nitrogens with zero attached hydrogens (tertiary/aromatic N) is 3. The van der Waals surface area contributed by atoms with Crippen LogP contribution in [0.4, 0.5) is 16.4 Å². The summed E-state index contributed by atoms with van der Waals surface area (Å²) >= 11 is 0. The van der Waals surface area contributed by atoms with Crippen LogP contribution in [0, 0.1) is 0 Å². The molecule has 2 heterocycles. The molecule has 7 nitrogen and oxygen atoms in total. The minimum Gasteiger partial charge on any atom is -0.456 e. The summed E-state index contributed by atoms with van der Waals surface area (Å²) in [6.45, 7) is 2.70. The average Bonchev–Trinajstić information content (AvgIpc) is 2.56. The van der Waals surface area contributed by atoms with Crippen LogP contribution in [0.5, 0.6) is 11.5 Å². The third-order valence-electron chi connectivity index (χ3n) is 3.10. The summed E-state index contributed by atoms with van der Waals surface area (Å²) in [6.07, 6.45) is 4.11. The second-order valence-corrected chi connectivity index (χ2v) is 4.96. The summed E-state index contributed by atoms with van der Waals surface area (Å²) in [7, 11) is 3.55. The predicted octanol–water partition coefficient (Wildman–Crippen LogP) is 3.18. The van der Waals surface area contributed by atoms with Crippen LogP contribution in [-0.4, -0.2) is 41.5 Å². The van der Waals surface area contributed by atoms with Crippen molar-refractivity contribution in [3.8, 4) is 11.5 Å². The molecule has 23 heavy (non-hydrogen) atoms. The number of pyridine rings is 2. The number of ether oxygens (including phenoxy) is 1. The Morgan fingerprint density at radius 1 is 1.22 bits per heavy atom. The number of amides is 2. The van der Waals surface area contributed by atoms with E-state index >= 15 is 0 Å². The van der Waals surface area contributed by atoms with E-state index in [4.69, 9.17) is 4.74 Å². The van der Waals surface area contributed by atoms with Gasteiger partial charge in [-0.25, -0.2) is 14.8 Å². The maximum absolute atomic E-state index is 12.0. The van der Waals surface area contributed by atoms with Crippen molar-refractivity contribution >= 4 is 17.7 Å². The van der Waals surface area contributed by atoms with Crippen molar-refractivity contribution in [1.82, 2.24) is 14.9 Å². The van der Waals surface area contributed by atoms with Crippen molar-refractivity contribution in [2.75, 3.05) is 31.3 Å². The third kappa shape index (κ3) is 4.84. The highest BCUT2D eigenvalue weighted by Gasteiger charge is 2.09. The van der Waals surface area contributed by atoms with Crippen LogP contribution in [0.2, 0.25) is 0 Å². The number of anilines is 2. The second kappa shape index (κ2) is 7.98. The van der Waals surface area contributed by atoms with Gasteiger partial charge < -0.3 is 15.0 Å². The molecule has 2 rings (SSSR count). The molecular formula is C16H21N5O2. The van der Waals surface area contributed by atoms with E-state index in [0.717, 1.165) is 12.2 Å². The number of hydrogen-bond donors (Lipinski definition) is 2. The standard InChI is InChI=1S/C16H21N5O2/c1-4-9-21(3)16(22)20-15-10-12(7-8-18-15)23-13-5-6-14(17-2)19-11-13/h5-8,10-11H,4,9H2,1-3H3,(H,17,19)(H,18,20,22). The molecule has 0 fully saturated rings. The summed E-state index contributed by atoms with van der Waals surface area (Å²) in [6, 6.07) is 6.82. The van der Waals surface area contributed by atoms with Gasteiger partial charge >= 0.3 is 6.03 Å². The first-order valence-electron chi connectivity index (χ1n) is 7.42. The molecule has 0 radical (unpaired) electrons. The van der Waals surface area contributed by atoms with E-state index in [1.54, 1.807) is 43.5 Å². The third-order valence-corrected chi connectivity index (χ3v) is 3.10. The molecule has 0 unspecified atom stereocenters. The lowest BCUT2D eigenvalue weighted by molar-refractivity contribution is 0.222. The van der Waals surface area contributed by atoms with Gasteiger partial charge in [0.1, 0.15) is 23.1 Å². The molecule has 2 aromatic heterocycles. The molecule has 0 aliphatic rings. The monoisotopic (exact) mass is 315 g/mol. The fourth-order valence-corrected chi connectivity index (χ4v) is 1.91. The van der Waals surface area contributed by atoms with Gasteiger partial charge in [0, 0.05) is 32.9 Å². The Hall–Kier alpha value is -2.83. The maximum atomic E-state index is 12.0. The Balaban J connectivity index is 2.02. The Kier molecular flexibility index (Phi) is 5.74. The first-order chi connectivity index (χ1) is 11.1. The van der Waals surface area contributed by atoms with Gasteiger partial charge in [-0.3, -0.25) is 5.32 Å². The number of rotatable bonds is 6. The van der Waals surface area contributed by atoms with Crippen LogP contribution in [-0.2, 0) is 0 Å². The largest absolute Gasteiger partial charge is 0.456 e. The van der Waals surface area contributed by atoms with E-state index in [1.165, 1.54) is 0 Å². The molecule has 2 aromatic rings. The number of carbonyl (C=O) groups is 1. The Bertz CT molecular complexity index is 645. The normalized spacial score (nSPS) is 10.0. The molecule has 2 N–H and O–H groups in total. The lowest BCUT2D eigenvalue weighted by atomic mass is 10.4. The molecule has 0 aliphatic carbocycles. The van der Waals surface area contributed by atoms with Gasteiger partial charge in [-0.15, -0.1) is 0 Å². The highest BCUT2D eigenvalue weighted by Crippen LogP contribution is 2.23. The van der Waals surface area contributed by atoms with Crippen molar-refractivity contribution in [1.29, 1.82) is 0 Å². The summed E-state index contributed by atoms with van der Waals surface area (Å²) in [5, 5.41) is 5.68. The molecule has 0 spiro atoms. The highest BCUT2D eigenvalue weighted by atomic mass is 16.5. The SMILES string of the molecule is CCCN(C)C(=O)Nc1cc(Oc2ccc(NC)nc2)ccn1. The number of hydrogen-bond acceptors (Lipinski definition) is 5. The van der Waals surface area contributed by atoms with Gasteiger partial charge in [-0.05, 0) is 24.6 Å². The van der Waals surface area contributed by atoms with Crippen molar-refractivity contribution in [2.24, 2.45) is 0 Å². The number of urea groups is 1. The quantitative estimate of drug-likeness (QED) is 0.856. The van der Waals surface area contributed by atoms with Crippen molar-refractivity contribution in [3.63, 3.8) is 0 Å². The first kappa shape index (κ1) is 16.5. The zero-order valence-corrected chi connectivity index (χ0v) is 13.5. The van der Waals surface area contributed by atoms with E-state index in [2.05, 4.69) is 20.6 Å². The lowest BCUT2D eigenvalue weighted by Crippen LogP contribution is -2.32. The molecule has 2 amide bonds. The summed E-state index contributed by atoms with van der Waals surface area (Å²) in [5.74, 6) is 2.39. The minimum atomic E-state index is -0.198. The zero-order chi connectivity index (χ0) is 16.7. The van der Waals surface area contributed by atoms with E-state index in [9.17, 15) is 4.79 Å². The predicted molar refractivity (Wildman–Crippen MR) is 90.0 cm³/mol. The maximum Gasteiger partial charge on any atom is 0.322 e. The number of nitrogens with one attached hydrogen (secondary N) is 2. The van der Waals surface area contributed by atoms with Crippen molar-refractivity contribution in [3.05, 3.63) is 36.7 Å². The van der Waals surface area contributed by atoms with Gasteiger partial charge in [0.2, 0.25) is 0 Å². The molecular weight excluding hydrogens is 294 g/mol. The fraction of sp³-hybridized carbons (Fsp3) is 0.312. The van der Waals surface area contributed by atoms with Gasteiger partial charge in [0.25, 0.3) is 0 Å². The minimum absolute atomic E-state index is 0.198. The average molecular weight is 315 g/mol. The lowest BCUT2D eigenvalue weighted by Gasteiger charge is -2.16. The molecule has 0 aromatic carbocycles. The molecule has 0 atom stereocenters. The Morgan fingerprint density at radius 3 is 2.70 bits per heavy atom. The molecule has 0 saturated heterocycles. The number of carbonyl (C=O) groups excluding carboxylic acids is 1. The number of aromatic nitrogens is 2. The van der Waals surface area contributed by atoms with Gasteiger partial charge in [-0.2, -0.15) is 0 Å². The summed E-state index contributed by atoms with van der Waals surface area (Å²) in [4.78, 5) is 21.9. The van der Waals surface area contributed by atoms with E-state index in [0.29, 0.717) is 23.9 Å². The van der Waals surface area contributed by atoms with E-state index in [1.807, 2.05) is 19.1 Å². The molecule has 122 valence electrons. The Labute approximate surface area is 135 Å². The van der Waals surface area contributed by atoms with Crippen LogP contribution in [0.15, 0.2) is 36.7 Å². The van der Waals surface area contributed by atoms with Gasteiger partial charge in [0.15, 0.2) is 0 Å². The second-order valence-electron chi connectivity index (χ2n) is 4.96. The highest BCUT2D eigenvalue weighted by molar-refractivity contribution is 5.88. The Morgan fingerprint density at radius 2 is 2.04 bits per heavy atom. The van der Waals surface area contributed by atoms with Crippen LogP contribution in [0.3, 0.4) is 0 Å². The molecule has 0 aliphatic heterocycles.